The largest absolute Gasteiger partial charge is 0.472 e. The van der Waals surface area contributed by atoms with E-state index in [0.29, 0.717) is 16.7 Å². The summed E-state index contributed by atoms with van der Waals surface area (Å²) in [6.07, 6.45) is 2.80. The maximum absolute atomic E-state index is 12.3. The molecule has 1 aliphatic rings. The standard InChI is InChI=1S/C15H10O4/c16-13-7-12(14(17)9-5-6-19-8-9)15(18)11-4-2-1-3-10(11)13/h1-8,14,17H. The summed E-state index contributed by atoms with van der Waals surface area (Å²) in [5.74, 6) is -0.600. The number of furan rings is 1. The molecular weight excluding hydrogens is 244 g/mol. The Kier molecular flexibility index (Phi) is 2.65. The molecule has 0 fully saturated rings. The molecule has 4 nitrogen and oxygen atoms in total. The van der Waals surface area contributed by atoms with Crippen LogP contribution < -0.4 is 0 Å². The van der Waals surface area contributed by atoms with Gasteiger partial charge in [0.25, 0.3) is 0 Å². The van der Waals surface area contributed by atoms with E-state index < -0.39 is 6.10 Å². The first-order valence-corrected chi connectivity index (χ1v) is 5.78. The third kappa shape index (κ3) is 1.82. The Balaban J connectivity index is 2.06. The van der Waals surface area contributed by atoms with Crippen LogP contribution in [0.1, 0.15) is 32.4 Å². The highest BCUT2D eigenvalue weighted by molar-refractivity contribution is 6.24. The number of aliphatic hydroxyl groups excluding tert-OH is 1. The van der Waals surface area contributed by atoms with E-state index in [1.807, 2.05) is 0 Å². The summed E-state index contributed by atoms with van der Waals surface area (Å²) in [7, 11) is 0. The number of allylic oxidation sites excluding steroid dienone is 1. The van der Waals surface area contributed by atoms with Crippen LogP contribution in [0.3, 0.4) is 0 Å². The van der Waals surface area contributed by atoms with Crippen LogP contribution in [0.2, 0.25) is 0 Å². The second-order valence-electron chi connectivity index (χ2n) is 4.30. The number of rotatable bonds is 2. The predicted octanol–water partition coefficient (Wildman–Crippen LogP) is 2.32. The maximum Gasteiger partial charge on any atom is 0.192 e. The van der Waals surface area contributed by atoms with E-state index >= 15 is 0 Å². The number of benzene rings is 1. The highest BCUT2D eigenvalue weighted by Crippen LogP contribution is 2.30. The van der Waals surface area contributed by atoms with E-state index in [1.54, 1.807) is 30.3 Å². The Morgan fingerprint density at radius 3 is 2.47 bits per heavy atom. The van der Waals surface area contributed by atoms with Crippen LogP contribution in [0.5, 0.6) is 0 Å². The monoisotopic (exact) mass is 254 g/mol. The summed E-state index contributed by atoms with van der Waals surface area (Å²) in [6, 6.07) is 8.15. The van der Waals surface area contributed by atoms with Gasteiger partial charge in [-0.1, -0.05) is 24.3 Å². The van der Waals surface area contributed by atoms with Crippen LogP contribution in [0.15, 0.2) is 58.9 Å². The van der Waals surface area contributed by atoms with Gasteiger partial charge in [-0.25, -0.2) is 0 Å². The first-order valence-electron chi connectivity index (χ1n) is 5.78. The molecule has 0 spiro atoms. The van der Waals surface area contributed by atoms with Crippen LogP contribution in [0.25, 0.3) is 0 Å². The summed E-state index contributed by atoms with van der Waals surface area (Å²) in [5.41, 5.74) is 1.22. The number of carbonyl (C=O) groups excluding carboxylic acids is 2. The minimum atomic E-state index is -1.15. The van der Waals surface area contributed by atoms with Crippen molar-refractivity contribution in [1.82, 2.24) is 0 Å². The molecular formula is C15H10O4. The summed E-state index contributed by atoms with van der Waals surface area (Å²) >= 11 is 0. The molecule has 1 aromatic heterocycles. The average Bonchev–Trinajstić information content (AvgIpc) is 2.96. The second-order valence-corrected chi connectivity index (χ2v) is 4.30. The number of ketones is 2. The zero-order valence-corrected chi connectivity index (χ0v) is 9.87. The van der Waals surface area contributed by atoms with Gasteiger partial charge < -0.3 is 9.52 Å². The van der Waals surface area contributed by atoms with E-state index in [4.69, 9.17) is 4.42 Å². The molecule has 1 N–H and O–H groups in total. The second kappa shape index (κ2) is 4.33. The quantitative estimate of drug-likeness (QED) is 0.893. The van der Waals surface area contributed by atoms with Crippen molar-refractivity contribution >= 4 is 11.6 Å². The van der Waals surface area contributed by atoms with Crippen molar-refractivity contribution in [1.29, 1.82) is 0 Å². The van der Waals surface area contributed by atoms with Crippen molar-refractivity contribution in [2.24, 2.45) is 0 Å². The first kappa shape index (κ1) is 11.6. The van der Waals surface area contributed by atoms with Gasteiger partial charge in [0.2, 0.25) is 0 Å². The predicted molar refractivity (Wildman–Crippen MR) is 66.9 cm³/mol. The van der Waals surface area contributed by atoms with Crippen molar-refractivity contribution in [3.63, 3.8) is 0 Å². The number of aliphatic hydroxyl groups is 1. The molecule has 1 heterocycles. The smallest absolute Gasteiger partial charge is 0.192 e. The van der Waals surface area contributed by atoms with Crippen molar-refractivity contribution in [3.05, 3.63) is 71.2 Å². The van der Waals surface area contributed by atoms with Gasteiger partial charge in [0.1, 0.15) is 6.10 Å². The fourth-order valence-corrected chi connectivity index (χ4v) is 2.15. The van der Waals surface area contributed by atoms with Crippen LogP contribution in [-0.2, 0) is 0 Å². The van der Waals surface area contributed by atoms with Gasteiger partial charge in [0.15, 0.2) is 11.6 Å². The molecule has 1 aromatic carbocycles. The Morgan fingerprint density at radius 1 is 1.05 bits per heavy atom. The summed E-state index contributed by atoms with van der Waals surface area (Å²) in [4.78, 5) is 24.2. The molecule has 1 aliphatic carbocycles. The lowest BCUT2D eigenvalue weighted by molar-refractivity contribution is 0.0946. The molecule has 4 heteroatoms. The molecule has 19 heavy (non-hydrogen) atoms. The van der Waals surface area contributed by atoms with Gasteiger partial charge in [-0.3, -0.25) is 9.59 Å². The molecule has 0 bridgehead atoms. The third-order valence-corrected chi connectivity index (χ3v) is 3.14. The zero-order chi connectivity index (χ0) is 13.4. The van der Waals surface area contributed by atoms with Gasteiger partial charge in [-0.15, -0.1) is 0 Å². The lowest BCUT2D eigenvalue weighted by atomic mass is 9.86. The summed E-state index contributed by atoms with van der Waals surface area (Å²) in [6.45, 7) is 0. The third-order valence-electron chi connectivity index (χ3n) is 3.14. The fourth-order valence-electron chi connectivity index (χ4n) is 2.15. The minimum absolute atomic E-state index is 0.0742. The number of fused-ring (bicyclic) bond motifs is 1. The SMILES string of the molecule is O=C1C=C(C(O)c2ccoc2)C(=O)c2ccccc21. The molecule has 0 radical (unpaired) electrons. The van der Waals surface area contributed by atoms with Crippen LogP contribution in [0.4, 0.5) is 0 Å². The van der Waals surface area contributed by atoms with E-state index in [2.05, 4.69) is 0 Å². The highest BCUT2D eigenvalue weighted by atomic mass is 16.3. The lowest BCUT2D eigenvalue weighted by Crippen LogP contribution is -2.20. The first-order chi connectivity index (χ1) is 9.18. The minimum Gasteiger partial charge on any atom is -0.472 e. The van der Waals surface area contributed by atoms with E-state index in [-0.39, 0.29) is 17.1 Å². The maximum atomic E-state index is 12.3. The Bertz CT molecular complexity index is 680. The van der Waals surface area contributed by atoms with Crippen LogP contribution in [0, 0.1) is 0 Å². The number of carbonyl (C=O) groups is 2. The summed E-state index contributed by atoms with van der Waals surface area (Å²) in [5, 5.41) is 10.1. The summed E-state index contributed by atoms with van der Waals surface area (Å²) < 4.78 is 4.87. The molecule has 1 atom stereocenters. The molecule has 1 unspecified atom stereocenters. The van der Waals surface area contributed by atoms with E-state index in [0.717, 1.165) is 0 Å². The average molecular weight is 254 g/mol. The van der Waals surface area contributed by atoms with Gasteiger partial charge in [0.05, 0.1) is 12.5 Å². The highest BCUT2D eigenvalue weighted by Gasteiger charge is 2.30. The van der Waals surface area contributed by atoms with Crippen molar-refractivity contribution < 1.29 is 19.1 Å². The molecule has 94 valence electrons. The zero-order valence-electron chi connectivity index (χ0n) is 9.87. The van der Waals surface area contributed by atoms with Gasteiger partial charge in [-0.2, -0.15) is 0 Å². The van der Waals surface area contributed by atoms with Gasteiger partial charge in [-0.05, 0) is 12.1 Å². The fraction of sp³-hybridized carbons (Fsp3) is 0.0667. The van der Waals surface area contributed by atoms with Gasteiger partial charge >= 0.3 is 0 Å². The van der Waals surface area contributed by atoms with Crippen molar-refractivity contribution in [2.45, 2.75) is 6.10 Å². The number of hydrogen-bond donors (Lipinski definition) is 1. The van der Waals surface area contributed by atoms with Crippen molar-refractivity contribution in [3.8, 4) is 0 Å². The Hall–Kier alpha value is -2.46. The molecule has 0 saturated carbocycles. The number of Topliss-reactive ketones (excluding diaryl/α,β-unsaturated/α-hetero) is 1. The molecule has 3 rings (SSSR count). The number of hydrogen-bond acceptors (Lipinski definition) is 4. The molecule has 0 saturated heterocycles. The molecule has 0 amide bonds. The molecule has 0 aliphatic heterocycles. The lowest BCUT2D eigenvalue weighted by Gasteiger charge is -2.18. The van der Waals surface area contributed by atoms with Crippen molar-refractivity contribution in [2.75, 3.05) is 0 Å². The topological polar surface area (TPSA) is 67.5 Å². The van der Waals surface area contributed by atoms with Crippen LogP contribution in [-0.4, -0.2) is 16.7 Å². The van der Waals surface area contributed by atoms with E-state index in [1.165, 1.54) is 18.6 Å². The Morgan fingerprint density at radius 2 is 1.79 bits per heavy atom. The van der Waals surface area contributed by atoms with Crippen LogP contribution >= 0.6 is 0 Å². The van der Waals surface area contributed by atoms with E-state index in [9.17, 15) is 14.7 Å². The normalized spacial score (nSPS) is 15.9. The van der Waals surface area contributed by atoms with Gasteiger partial charge in [0, 0.05) is 22.3 Å². The molecule has 2 aromatic rings. The Labute approximate surface area is 109 Å².